The molecular formula is C17H27N3O2. The van der Waals surface area contributed by atoms with Gasteiger partial charge in [0.05, 0.1) is 13.2 Å². The summed E-state index contributed by atoms with van der Waals surface area (Å²) < 4.78 is 5.35. The smallest absolute Gasteiger partial charge is 0.319 e. The zero-order chi connectivity index (χ0) is 15.8. The SMILES string of the molecule is CC[C@H](C)NC(=O)Nc1ccc(CCN2CCOCC2)cc1. The Morgan fingerprint density at radius 3 is 2.59 bits per heavy atom. The minimum Gasteiger partial charge on any atom is -0.379 e. The van der Waals surface area contributed by atoms with Crippen molar-refractivity contribution in [2.45, 2.75) is 32.7 Å². The number of hydrogen-bond acceptors (Lipinski definition) is 3. The van der Waals surface area contributed by atoms with Crippen molar-refractivity contribution < 1.29 is 9.53 Å². The van der Waals surface area contributed by atoms with Gasteiger partial charge in [-0.25, -0.2) is 4.79 Å². The van der Waals surface area contributed by atoms with Crippen LogP contribution in [0.1, 0.15) is 25.8 Å². The van der Waals surface area contributed by atoms with Gasteiger partial charge in [-0.05, 0) is 37.5 Å². The Labute approximate surface area is 133 Å². The standard InChI is InChI=1S/C17H27N3O2/c1-3-14(2)18-17(21)19-16-6-4-15(5-7-16)8-9-20-10-12-22-13-11-20/h4-7,14H,3,8-13H2,1-2H3,(H2,18,19,21)/t14-/m0/s1. The fraction of sp³-hybridized carbons (Fsp3) is 0.588. The van der Waals surface area contributed by atoms with Gasteiger partial charge in [0, 0.05) is 31.4 Å². The lowest BCUT2D eigenvalue weighted by atomic mass is 10.1. The van der Waals surface area contributed by atoms with Crippen LogP contribution in [0.25, 0.3) is 0 Å². The molecule has 1 saturated heterocycles. The van der Waals surface area contributed by atoms with E-state index in [-0.39, 0.29) is 12.1 Å². The van der Waals surface area contributed by atoms with Crippen molar-refractivity contribution in [3.63, 3.8) is 0 Å². The van der Waals surface area contributed by atoms with E-state index >= 15 is 0 Å². The fourth-order valence-electron chi connectivity index (χ4n) is 2.36. The predicted molar refractivity (Wildman–Crippen MR) is 89.3 cm³/mol. The Bertz CT molecular complexity index is 455. The molecule has 1 heterocycles. The number of ether oxygens (including phenoxy) is 1. The molecule has 0 spiro atoms. The highest BCUT2D eigenvalue weighted by atomic mass is 16.5. The third-order valence-electron chi connectivity index (χ3n) is 4.02. The molecule has 1 fully saturated rings. The molecule has 0 radical (unpaired) electrons. The van der Waals surface area contributed by atoms with Gasteiger partial charge in [0.25, 0.3) is 0 Å². The minimum atomic E-state index is -0.143. The second-order valence-electron chi connectivity index (χ2n) is 5.81. The van der Waals surface area contributed by atoms with Crippen LogP contribution < -0.4 is 10.6 Å². The molecule has 1 aliphatic heterocycles. The maximum atomic E-state index is 11.8. The molecule has 2 rings (SSSR count). The lowest BCUT2D eigenvalue weighted by Gasteiger charge is -2.26. The van der Waals surface area contributed by atoms with Gasteiger partial charge >= 0.3 is 6.03 Å². The van der Waals surface area contributed by atoms with Crippen LogP contribution in [0.5, 0.6) is 0 Å². The first-order valence-corrected chi connectivity index (χ1v) is 8.14. The highest BCUT2D eigenvalue weighted by molar-refractivity contribution is 5.89. The molecule has 1 aromatic carbocycles. The first kappa shape index (κ1) is 16.8. The number of hydrogen-bond donors (Lipinski definition) is 2. The molecule has 5 heteroatoms. The third kappa shape index (κ3) is 5.66. The van der Waals surface area contributed by atoms with Crippen LogP contribution in [-0.4, -0.2) is 49.8 Å². The summed E-state index contributed by atoms with van der Waals surface area (Å²) in [6.45, 7) is 8.83. The first-order chi connectivity index (χ1) is 10.7. The summed E-state index contributed by atoms with van der Waals surface area (Å²) in [6, 6.07) is 8.14. The van der Waals surface area contributed by atoms with E-state index in [1.165, 1.54) is 5.56 Å². The Kier molecular flexibility index (Phi) is 6.68. The molecule has 2 amide bonds. The van der Waals surface area contributed by atoms with Crippen LogP contribution in [0.4, 0.5) is 10.5 Å². The highest BCUT2D eigenvalue weighted by Crippen LogP contribution is 2.11. The van der Waals surface area contributed by atoms with Crippen molar-refractivity contribution in [3.05, 3.63) is 29.8 Å². The Morgan fingerprint density at radius 2 is 1.95 bits per heavy atom. The molecule has 0 aliphatic carbocycles. The quantitative estimate of drug-likeness (QED) is 0.849. The molecular weight excluding hydrogens is 278 g/mol. The van der Waals surface area contributed by atoms with E-state index in [9.17, 15) is 4.79 Å². The Morgan fingerprint density at radius 1 is 1.27 bits per heavy atom. The average molecular weight is 305 g/mol. The summed E-state index contributed by atoms with van der Waals surface area (Å²) in [7, 11) is 0. The predicted octanol–water partition coefficient (Wildman–Crippen LogP) is 2.48. The minimum absolute atomic E-state index is 0.143. The molecule has 0 aromatic heterocycles. The second-order valence-corrected chi connectivity index (χ2v) is 5.81. The second kappa shape index (κ2) is 8.76. The number of urea groups is 1. The van der Waals surface area contributed by atoms with Crippen LogP contribution in [0.3, 0.4) is 0 Å². The summed E-state index contributed by atoms with van der Waals surface area (Å²) in [5.41, 5.74) is 2.12. The molecule has 122 valence electrons. The number of benzene rings is 1. The highest BCUT2D eigenvalue weighted by Gasteiger charge is 2.10. The molecule has 0 saturated carbocycles. The number of rotatable bonds is 6. The first-order valence-electron chi connectivity index (χ1n) is 8.14. The van der Waals surface area contributed by atoms with E-state index < -0.39 is 0 Å². The number of morpholine rings is 1. The summed E-state index contributed by atoms with van der Waals surface area (Å²) in [5, 5.41) is 5.76. The number of anilines is 1. The van der Waals surface area contributed by atoms with Gasteiger partial charge in [-0.3, -0.25) is 4.90 Å². The van der Waals surface area contributed by atoms with Crippen LogP contribution in [0.15, 0.2) is 24.3 Å². The molecule has 5 nitrogen and oxygen atoms in total. The Balaban J connectivity index is 1.76. The normalized spacial score (nSPS) is 17.0. The van der Waals surface area contributed by atoms with Gasteiger partial charge in [0.15, 0.2) is 0 Å². The number of nitrogens with zero attached hydrogens (tertiary/aromatic N) is 1. The summed E-state index contributed by atoms with van der Waals surface area (Å²) in [4.78, 5) is 14.2. The summed E-state index contributed by atoms with van der Waals surface area (Å²) in [5.74, 6) is 0. The summed E-state index contributed by atoms with van der Waals surface area (Å²) in [6.07, 6.45) is 1.95. The number of carbonyl (C=O) groups is 1. The van der Waals surface area contributed by atoms with Crippen molar-refractivity contribution in [3.8, 4) is 0 Å². The lowest BCUT2D eigenvalue weighted by molar-refractivity contribution is 0.0384. The van der Waals surface area contributed by atoms with Gasteiger partial charge in [-0.1, -0.05) is 19.1 Å². The van der Waals surface area contributed by atoms with Crippen molar-refractivity contribution in [2.75, 3.05) is 38.2 Å². The molecule has 2 N–H and O–H groups in total. The van der Waals surface area contributed by atoms with Crippen molar-refractivity contribution in [1.29, 1.82) is 0 Å². The van der Waals surface area contributed by atoms with Crippen LogP contribution in [0, 0.1) is 0 Å². The van der Waals surface area contributed by atoms with Crippen molar-refractivity contribution in [2.24, 2.45) is 0 Å². The Hall–Kier alpha value is -1.59. The van der Waals surface area contributed by atoms with Gasteiger partial charge in [-0.15, -0.1) is 0 Å². The van der Waals surface area contributed by atoms with E-state index in [1.54, 1.807) is 0 Å². The maximum Gasteiger partial charge on any atom is 0.319 e. The molecule has 1 atom stereocenters. The lowest BCUT2D eigenvalue weighted by Crippen LogP contribution is -2.37. The van der Waals surface area contributed by atoms with Crippen LogP contribution in [-0.2, 0) is 11.2 Å². The van der Waals surface area contributed by atoms with Gasteiger partial charge in [0.1, 0.15) is 0 Å². The van der Waals surface area contributed by atoms with Crippen molar-refractivity contribution >= 4 is 11.7 Å². The largest absolute Gasteiger partial charge is 0.379 e. The van der Waals surface area contributed by atoms with E-state index in [2.05, 4.69) is 27.7 Å². The van der Waals surface area contributed by atoms with Crippen molar-refractivity contribution in [1.82, 2.24) is 10.2 Å². The zero-order valence-corrected chi connectivity index (χ0v) is 13.6. The number of amides is 2. The van der Waals surface area contributed by atoms with Crippen LogP contribution >= 0.6 is 0 Å². The van der Waals surface area contributed by atoms with Gasteiger partial charge in [0.2, 0.25) is 0 Å². The van der Waals surface area contributed by atoms with E-state index in [1.807, 2.05) is 26.0 Å². The third-order valence-corrected chi connectivity index (χ3v) is 4.02. The van der Waals surface area contributed by atoms with E-state index in [4.69, 9.17) is 4.74 Å². The topological polar surface area (TPSA) is 53.6 Å². The molecule has 0 unspecified atom stereocenters. The summed E-state index contributed by atoms with van der Waals surface area (Å²) >= 11 is 0. The zero-order valence-electron chi connectivity index (χ0n) is 13.6. The van der Waals surface area contributed by atoms with Crippen LogP contribution in [0.2, 0.25) is 0 Å². The molecule has 22 heavy (non-hydrogen) atoms. The van der Waals surface area contributed by atoms with Gasteiger partial charge < -0.3 is 15.4 Å². The number of carbonyl (C=O) groups excluding carboxylic acids is 1. The number of nitrogens with one attached hydrogen (secondary N) is 2. The average Bonchev–Trinajstić information content (AvgIpc) is 2.55. The van der Waals surface area contributed by atoms with E-state index in [0.717, 1.165) is 51.4 Å². The monoisotopic (exact) mass is 305 g/mol. The molecule has 1 aliphatic rings. The van der Waals surface area contributed by atoms with Gasteiger partial charge in [-0.2, -0.15) is 0 Å². The fourth-order valence-corrected chi connectivity index (χ4v) is 2.36. The molecule has 0 bridgehead atoms. The molecule has 1 aromatic rings. The van der Waals surface area contributed by atoms with E-state index in [0.29, 0.717) is 0 Å². The maximum absolute atomic E-state index is 11.8.